The third-order valence-corrected chi connectivity index (χ3v) is 23.2. The summed E-state index contributed by atoms with van der Waals surface area (Å²) < 4.78 is 61.7. The zero-order chi connectivity index (χ0) is 92.1. The Balaban J connectivity index is 4.63. The molecule has 0 rings (SSSR count). The fourth-order valence-corrected chi connectivity index (χ4v) is 15.3. The fraction of sp³-hybridized carbons (Fsp3) is 0.679. The molecule has 0 aliphatic rings. The Morgan fingerprint density at radius 1 is 0.228 bits per heavy atom. The van der Waals surface area contributed by atoms with Crippen molar-refractivity contribution in [3.8, 4) is 0 Å². The predicted octanol–water partition coefficient (Wildman–Crippen LogP) is 32.1. The number of hydrogen-bond donors (Lipinski definition) is 4. The molecule has 0 aromatic carbocycles. The molecular weight excluding hydrogens is 1630 g/mol. The number of aliphatic hydroxyl groups is 2. The van der Waals surface area contributed by atoms with Gasteiger partial charge in [0, 0.05) is 19.3 Å². The van der Waals surface area contributed by atoms with E-state index in [0.717, 1.165) is 199 Å². The van der Waals surface area contributed by atoms with E-state index in [1.807, 2.05) is 0 Å². The molecule has 0 aliphatic carbocycles. The first-order chi connectivity index (χ1) is 62.2. The van der Waals surface area contributed by atoms with Gasteiger partial charge in [-0.2, -0.15) is 0 Å². The number of unbranched alkanes of at least 4 members (excludes halogenated alkanes) is 40. The lowest BCUT2D eigenvalue weighted by Gasteiger charge is -2.21. The molecule has 0 bridgehead atoms. The van der Waals surface area contributed by atoms with Crippen LogP contribution in [0.4, 0.5) is 0 Å². The van der Waals surface area contributed by atoms with Crippen molar-refractivity contribution in [2.75, 3.05) is 39.6 Å². The highest BCUT2D eigenvalue weighted by atomic mass is 31.2. The molecule has 0 aliphatic heterocycles. The summed E-state index contributed by atoms with van der Waals surface area (Å²) in [6.45, 7) is 2.47. The normalized spacial score (nSPS) is 14.5. The summed E-state index contributed by atoms with van der Waals surface area (Å²) in [5.41, 5.74) is 0. The highest BCUT2D eigenvalue weighted by molar-refractivity contribution is 7.47. The summed E-state index contributed by atoms with van der Waals surface area (Å²) in [6, 6.07) is 0. The van der Waals surface area contributed by atoms with Crippen LogP contribution in [0.15, 0.2) is 194 Å². The monoisotopic (exact) mass is 1810 g/mol. The molecule has 16 nitrogen and oxygen atoms in total. The fourth-order valence-electron chi connectivity index (χ4n) is 13.7. The largest absolute Gasteiger partial charge is 0.472 e. The maximum absolute atomic E-state index is 13.1. The second-order valence-corrected chi connectivity index (χ2v) is 36.4. The van der Waals surface area contributed by atoms with Gasteiger partial charge in [0.05, 0.1) is 26.4 Å². The zero-order valence-electron chi connectivity index (χ0n) is 80.4. The lowest BCUT2D eigenvalue weighted by Crippen LogP contribution is -2.30. The predicted molar refractivity (Wildman–Crippen MR) is 537 cm³/mol. The van der Waals surface area contributed by atoms with Crippen molar-refractivity contribution >= 4 is 33.6 Å². The molecule has 4 N–H and O–H groups in total. The van der Waals surface area contributed by atoms with Gasteiger partial charge < -0.3 is 34.2 Å². The number of rotatable bonds is 95. The minimum atomic E-state index is -4.95. The first-order valence-corrected chi connectivity index (χ1v) is 53.7. The Hall–Kier alpha value is -5.61. The number of allylic oxidation sites excluding steroid dienone is 32. The van der Waals surface area contributed by atoms with Crippen LogP contribution in [0.2, 0.25) is 0 Å². The van der Waals surface area contributed by atoms with Gasteiger partial charge in [0.15, 0.2) is 6.10 Å². The van der Waals surface area contributed by atoms with Gasteiger partial charge in [0.2, 0.25) is 0 Å². The van der Waals surface area contributed by atoms with E-state index in [1.165, 1.54) is 161 Å². The minimum absolute atomic E-state index is 0.0880. The number of carbonyl (C=O) groups is 3. The number of aliphatic hydroxyl groups excluding tert-OH is 2. The summed E-state index contributed by atoms with van der Waals surface area (Å²) in [4.78, 5) is 59.2. The maximum Gasteiger partial charge on any atom is 0.472 e. The van der Waals surface area contributed by atoms with Crippen molar-refractivity contribution in [1.29, 1.82) is 0 Å². The third kappa shape index (κ3) is 101. The van der Waals surface area contributed by atoms with E-state index in [-0.39, 0.29) is 19.3 Å². The van der Waals surface area contributed by atoms with Crippen LogP contribution in [0.5, 0.6) is 0 Å². The first-order valence-electron chi connectivity index (χ1n) is 50.7. The molecule has 0 saturated heterocycles. The Labute approximate surface area is 776 Å². The van der Waals surface area contributed by atoms with E-state index in [9.17, 15) is 43.5 Å². The van der Waals surface area contributed by atoms with Crippen LogP contribution in [0.25, 0.3) is 0 Å². The second-order valence-electron chi connectivity index (χ2n) is 33.5. The maximum atomic E-state index is 13.1. The topological polar surface area (TPSA) is 231 Å². The Morgan fingerprint density at radius 2 is 0.417 bits per heavy atom. The van der Waals surface area contributed by atoms with E-state index in [1.54, 1.807) is 0 Å². The molecule has 127 heavy (non-hydrogen) atoms. The number of esters is 3. The molecule has 726 valence electrons. The second kappa shape index (κ2) is 99.4. The summed E-state index contributed by atoms with van der Waals surface area (Å²) in [7, 11) is -9.83. The highest BCUT2D eigenvalue weighted by Gasteiger charge is 2.30. The van der Waals surface area contributed by atoms with E-state index in [2.05, 4.69) is 215 Å². The number of hydrogen-bond acceptors (Lipinski definition) is 14. The number of phosphoric acid groups is 2. The average Bonchev–Trinajstić information content (AvgIpc) is 0.898. The van der Waals surface area contributed by atoms with Crippen LogP contribution in [0.1, 0.15) is 419 Å². The van der Waals surface area contributed by atoms with Gasteiger partial charge in [0.25, 0.3) is 0 Å². The number of phosphoric ester groups is 2. The number of carbonyl (C=O) groups excluding carboxylic acids is 3. The van der Waals surface area contributed by atoms with Crippen LogP contribution in [0.3, 0.4) is 0 Å². The Bertz CT molecular complexity index is 3090. The lowest BCUT2D eigenvalue weighted by atomic mass is 10.0. The van der Waals surface area contributed by atoms with Crippen molar-refractivity contribution in [3.05, 3.63) is 194 Å². The van der Waals surface area contributed by atoms with E-state index >= 15 is 0 Å². The van der Waals surface area contributed by atoms with Crippen LogP contribution in [0, 0.1) is 0 Å². The summed E-state index contributed by atoms with van der Waals surface area (Å²) in [5, 5.41) is 20.8. The molecule has 0 saturated carbocycles. The van der Waals surface area contributed by atoms with Gasteiger partial charge >= 0.3 is 33.6 Å². The van der Waals surface area contributed by atoms with Crippen molar-refractivity contribution in [1.82, 2.24) is 0 Å². The summed E-state index contributed by atoms with van der Waals surface area (Å²) in [5.74, 6) is -1.58. The van der Waals surface area contributed by atoms with Crippen molar-refractivity contribution in [2.45, 2.75) is 437 Å². The molecule has 5 unspecified atom stereocenters. The molecule has 0 radical (unpaired) electrons. The molecule has 0 amide bonds. The third-order valence-electron chi connectivity index (χ3n) is 21.3. The highest BCUT2D eigenvalue weighted by Crippen LogP contribution is 2.45. The average molecular weight is 1810 g/mol. The smallest absolute Gasteiger partial charge is 0.463 e. The van der Waals surface area contributed by atoms with Crippen molar-refractivity contribution in [2.24, 2.45) is 0 Å². The van der Waals surface area contributed by atoms with Crippen LogP contribution >= 0.6 is 15.6 Å². The van der Waals surface area contributed by atoms with Crippen LogP contribution < -0.4 is 0 Å². The van der Waals surface area contributed by atoms with Gasteiger partial charge in [-0.15, -0.1) is 0 Å². The van der Waals surface area contributed by atoms with Gasteiger partial charge in [-0.25, -0.2) is 9.13 Å². The van der Waals surface area contributed by atoms with Crippen molar-refractivity contribution in [3.63, 3.8) is 0 Å². The molecule has 0 aromatic rings. The summed E-state index contributed by atoms with van der Waals surface area (Å²) in [6.07, 6.45) is 133. The number of ether oxygens (including phenoxy) is 3. The SMILES string of the molecule is CC/C=C\C/C=C\C/C=C\C/C=C\C/C=C\C/C=C\CCCCCCCCCCCCCCC(=O)OCC(COP(=O)(O)OCC(O)COP(=O)(O)OCC(O)COC(=O)CCCCCCCCCCCCCCCCCCC/C=C\C/C=C\C/C=C\C/C=C\CCCCC)OC(=O)CCCCCCCCCC/C=C\C/C=C\C/C=C\C/C=C\C/C=C\C/C=C\CC. The van der Waals surface area contributed by atoms with E-state index < -0.39 is 91.5 Å². The van der Waals surface area contributed by atoms with Gasteiger partial charge in [-0.05, 0) is 167 Å². The first kappa shape index (κ1) is 121. The van der Waals surface area contributed by atoms with Gasteiger partial charge in [-0.1, -0.05) is 427 Å². The van der Waals surface area contributed by atoms with Crippen molar-refractivity contribution < 1.29 is 75.8 Å². The molecule has 0 heterocycles. The molecule has 5 atom stereocenters. The van der Waals surface area contributed by atoms with Gasteiger partial charge in [-0.3, -0.25) is 32.5 Å². The van der Waals surface area contributed by atoms with Crippen LogP contribution in [-0.2, 0) is 55.8 Å². The Morgan fingerprint density at radius 3 is 0.661 bits per heavy atom. The van der Waals surface area contributed by atoms with E-state index in [0.29, 0.717) is 19.3 Å². The molecule has 0 spiro atoms. The molecule has 18 heteroatoms. The quantitative estimate of drug-likeness (QED) is 0.0146. The Kier molecular flexibility index (Phi) is 95.0. The molecule has 0 fully saturated rings. The summed E-state index contributed by atoms with van der Waals surface area (Å²) >= 11 is 0. The van der Waals surface area contributed by atoms with Gasteiger partial charge in [0.1, 0.15) is 25.4 Å². The molecule has 0 aromatic heterocycles. The standard InChI is InChI=1S/C109H184O16P2/c1-4-7-10-13-16-19-22-25-28-31-34-37-40-43-46-48-50-51-53-55-57-59-62-65-68-71-74-77-80-83-86-89-92-95-107(112)119-98-104(110)99-121-126(115,116)122-100-105(111)101-123-127(117,118)124-103-106(125-109(114)97-94-91-88-85-82-79-76-73-70-67-64-61-56-45-42-39-36-33-30-27-24-21-18-15-12-9-6-3)102-120-108(113)96-93-90-87-84-81-78-75-72-69-66-63-60-58-54-52-49-47-44-41-38-35-32-29-26-23-20-17-14-11-8-5-2/h8-9,11-12,16-21,25-30,34-39,43-47,52,54,56,64,67,104-106,110-111H,4-7,10,13-15,22-24,31-33,40-42,48-51,53,55,57-63,65-66,68-103H2,1-3H3,(H,115,116)(H,117,118)/b11-8-,12-9-,19-16-,20-17-,21-18-,28-25-,29-26-,30-27-,37-34-,38-35-,39-36-,46-43-,47-44-,54-52-,56-45-,67-64-. The lowest BCUT2D eigenvalue weighted by molar-refractivity contribution is -0.161. The zero-order valence-corrected chi connectivity index (χ0v) is 82.2. The van der Waals surface area contributed by atoms with Crippen LogP contribution in [-0.4, -0.2) is 95.9 Å². The minimum Gasteiger partial charge on any atom is -0.463 e. The van der Waals surface area contributed by atoms with E-state index in [4.69, 9.17) is 32.3 Å². The molecular formula is C109H184O16P2.